The molecule has 142 valence electrons. The number of H-pyrrole nitrogens is 2. The molecule has 0 aliphatic carbocycles. The molecule has 0 aliphatic rings. The van der Waals surface area contributed by atoms with Crippen LogP contribution in [0.15, 0.2) is 69.9 Å². The number of hydrogen-bond donors (Lipinski definition) is 3. The summed E-state index contributed by atoms with van der Waals surface area (Å²) in [4.78, 5) is 16.9. The molecule has 0 unspecified atom stereocenters. The van der Waals surface area contributed by atoms with E-state index >= 15 is 0 Å². The van der Waals surface area contributed by atoms with Gasteiger partial charge in [0, 0.05) is 22.3 Å². The fourth-order valence-electron chi connectivity index (χ4n) is 2.91. The van der Waals surface area contributed by atoms with Crippen LogP contribution in [-0.4, -0.2) is 9.97 Å². The van der Waals surface area contributed by atoms with Gasteiger partial charge in [0.15, 0.2) is 0 Å². The third-order valence-corrected chi connectivity index (χ3v) is 4.82. The molecular weight excluding hydrogens is 425 g/mol. The second-order valence-electron chi connectivity index (χ2n) is 6.36. The summed E-state index contributed by atoms with van der Waals surface area (Å²) in [7, 11) is 0. The van der Waals surface area contributed by atoms with Crippen molar-refractivity contribution in [1.82, 2.24) is 9.97 Å². The molecule has 3 aromatic carbocycles. The van der Waals surface area contributed by atoms with Gasteiger partial charge in [0.2, 0.25) is 0 Å². The molecule has 7 heteroatoms. The first-order valence-corrected chi connectivity index (χ1v) is 9.48. The van der Waals surface area contributed by atoms with E-state index in [-0.39, 0.29) is 11.5 Å². The lowest BCUT2D eigenvalue weighted by Crippen LogP contribution is -2.04. The number of benzene rings is 3. The lowest BCUT2D eigenvalue weighted by atomic mass is 10.2. The highest BCUT2D eigenvalue weighted by Gasteiger charge is 2.07. The van der Waals surface area contributed by atoms with Crippen molar-refractivity contribution in [2.24, 2.45) is 0 Å². The largest absolute Gasteiger partial charge is 0.489 e. The average Bonchev–Trinajstić information content (AvgIpc) is 3.06. The van der Waals surface area contributed by atoms with Crippen LogP contribution in [0.2, 0.25) is 0 Å². The second kappa shape index (κ2) is 7.90. The zero-order chi connectivity index (χ0) is 19.5. The zero-order valence-corrected chi connectivity index (χ0v) is 16.3. The molecule has 0 atom stereocenters. The molecule has 0 saturated carbocycles. The van der Waals surface area contributed by atoms with Crippen LogP contribution in [0.25, 0.3) is 11.0 Å². The molecule has 4 aromatic rings. The van der Waals surface area contributed by atoms with Gasteiger partial charge in [0.1, 0.15) is 18.2 Å². The van der Waals surface area contributed by atoms with Crippen molar-refractivity contribution in [3.05, 3.63) is 92.6 Å². The highest BCUT2D eigenvalue weighted by atomic mass is 79.9. The predicted octanol–water partition coefficient (Wildman–Crippen LogP) is 4.95. The molecule has 0 amide bonds. The van der Waals surface area contributed by atoms with Crippen LogP contribution in [0, 0.1) is 5.82 Å². The number of aromatic amines is 2. The summed E-state index contributed by atoms with van der Waals surface area (Å²) >= 11 is 3.49. The molecule has 5 nitrogen and oxygen atoms in total. The van der Waals surface area contributed by atoms with Crippen LogP contribution in [0.5, 0.6) is 5.75 Å². The normalized spacial score (nSPS) is 10.9. The lowest BCUT2D eigenvalue weighted by Gasteiger charge is -2.14. The Morgan fingerprint density at radius 1 is 0.964 bits per heavy atom. The van der Waals surface area contributed by atoms with Crippen molar-refractivity contribution >= 4 is 32.7 Å². The van der Waals surface area contributed by atoms with Crippen molar-refractivity contribution in [2.75, 3.05) is 5.32 Å². The van der Waals surface area contributed by atoms with E-state index in [9.17, 15) is 9.18 Å². The number of ether oxygens (including phenoxy) is 1. The first kappa shape index (κ1) is 18.3. The van der Waals surface area contributed by atoms with Gasteiger partial charge in [-0.1, -0.05) is 28.1 Å². The van der Waals surface area contributed by atoms with Crippen LogP contribution in [-0.2, 0) is 13.2 Å². The van der Waals surface area contributed by atoms with E-state index < -0.39 is 0 Å². The van der Waals surface area contributed by atoms with Gasteiger partial charge >= 0.3 is 5.69 Å². The topological polar surface area (TPSA) is 69.9 Å². The van der Waals surface area contributed by atoms with Gasteiger partial charge in [-0.3, -0.25) is 0 Å². The number of halogens is 2. The van der Waals surface area contributed by atoms with Crippen LogP contribution < -0.4 is 15.7 Å². The summed E-state index contributed by atoms with van der Waals surface area (Å²) in [6.45, 7) is 0.893. The molecule has 0 spiro atoms. The van der Waals surface area contributed by atoms with Crippen molar-refractivity contribution in [3.63, 3.8) is 0 Å². The van der Waals surface area contributed by atoms with Crippen LogP contribution in [0.1, 0.15) is 11.1 Å². The molecule has 1 heterocycles. The lowest BCUT2D eigenvalue weighted by molar-refractivity contribution is 0.303. The van der Waals surface area contributed by atoms with Gasteiger partial charge < -0.3 is 20.0 Å². The summed E-state index contributed by atoms with van der Waals surface area (Å²) in [5.41, 5.74) is 4.03. The Morgan fingerprint density at radius 3 is 2.57 bits per heavy atom. The Labute approximate surface area is 168 Å². The van der Waals surface area contributed by atoms with Crippen LogP contribution in [0.3, 0.4) is 0 Å². The monoisotopic (exact) mass is 441 g/mol. The van der Waals surface area contributed by atoms with Crippen LogP contribution >= 0.6 is 15.9 Å². The zero-order valence-electron chi connectivity index (χ0n) is 14.8. The van der Waals surface area contributed by atoms with Gasteiger partial charge in [-0.05, 0) is 54.1 Å². The Balaban J connectivity index is 1.48. The van der Waals surface area contributed by atoms with Crippen molar-refractivity contribution in [3.8, 4) is 5.75 Å². The average molecular weight is 442 g/mol. The number of nitrogens with one attached hydrogen (secondary N) is 3. The fourth-order valence-corrected chi connectivity index (χ4v) is 3.32. The van der Waals surface area contributed by atoms with Crippen LogP contribution in [0.4, 0.5) is 10.1 Å². The maximum atomic E-state index is 13.0. The van der Waals surface area contributed by atoms with E-state index in [0.717, 1.165) is 38.1 Å². The van der Waals surface area contributed by atoms with E-state index in [1.807, 2.05) is 36.4 Å². The minimum absolute atomic E-state index is 0.226. The maximum absolute atomic E-state index is 13.0. The number of hydrogen-bond acceptors (Lipinski definition) is 3. The fraction of sp³-hybridized carbons (Fsp3) is 0.0952. The molecule has 4 rings (SSSR count). The molecule has 0 fully saturated rings. The molecular formula is C21H17BrFN3O2. The first-order valence-electron chi connectivity index (χ1n) is 8.68. The standard InChI is InChI=1S/C21H17BrFN3O2/c22-15-3-8-20(28-12-13-1-4-16(23)5-2-13)14(9-15)11-24-17-6-7-18-19(10-17)26-21(27)25-18/h1-10,24H,11-12H2,(H2,25,26,27). The summed E-state index contributed by atoms with van der Waals surface area (Å²) in [5.74, 6) is 0.481. The molecule has 0 saturated heterocycles. The minimum Gasteiger partial charge on any atom is -0.489 e. The van der Waals surface area contributed by atoms with Gasteiger partial charge in [0.05, 0.1) is 11.0 Å². The molecule has 0 bridgehead atoms. The third kappa shape index (κ3) is 4.26. The maximum Gasteiger partial charge on any atom is 0.323 e. The number of imidazole rings is 1. The Hall–Kier alpha value is -3.06. The van der Waals surface area contributed by atoms with Gasteiger partial charge in [-0.2, -0.15) is 0 Å². The predicted molar refractivity (Wildman–Crippen MR) is 111 cm³/mol. The summed E-state index contributed by atoms with van der Waals surface area (Å²) < 4.78 is 19.9. The van der Waals surface area contributed by atoms with E-state index in [1.54, 1.807) is 12.1 Å². The first-order chi connectivity index (χ1) is 13.6. The Morgan fingerprint density at radius 2 is 1.75 bits per heavy atom. The molecule has 1 aromatic heterocycles. The number of aromatic nitrogens is 2. The van der Waals surface area contributed by atoms with E-state index in [4.69, 9.17) is 4.74 Å². The molecule has 3 N–H and O–H groups in total. The molecule has 0 aliphatic heterocycles. The summed E-state index contributed by atoms with van der Waals surface area (Å²) in [6.07, 6.45) is 0. The van der Waals surface area contributed by atoms with Crippen molar-refractivity contribution < 1.29 is 9.13 Å². The Kier molecular flexibility index (Phi) is 5.16. The van der Waals surface area contributed by atoms with Crippen molar-refractivity contribution in [2.45, 2.75) is 13.2 Å². The quantitative estimate of drug-likeness (QED) is 0.396. The summed E-state index contributed by atoms with van der Waals surface area (Å²) in [6, 6.07) is 17.7. The van der Waals surface area contributed by atoms with Crippen molar-refractivity contribution in [1.29, 1.82) is 0 Å². The van der Waals surface area contributed by atoms with E-state index in [2.05, 4.69) is 31.2 Å². The van der Waals surface area contributed by atoms with Gasteiger partial charge in [-0.15, -0.1) is 0 Å². The van der Waals surface area contributed by atoms with E-state index in [1.165, 1.54) is 12.1 Å². The SMILES string of the molecule is O=c1[nH]c2ccc(NCc3cc(Br)ccc3OCc3ccc(F)cc3)cc2[nH]1. The second-order valence-corrected chi connectivity index (χ2v) is 7.28. The van der Waals surface area contributed by atoms with Gasteiger partial charge in [-0.25, -0.2) is 9.18 Å². The molecule has 0 radical (unpaired) electrons. The Bertz CT molecular complexity index is 1170. The van der Waals surface area contributed by atoms with E-state index in [0.29, 0.717) is 13.2 Å². The molecule has 28 heavy (non-hydrogen) atoms. The van der Waals surface area contributed by atoms with Gasteiger partial charge in [0.25, 0.3) is 0 Å². The third-order valence-electron chi connectivity index (χ3n) is 4.33. The number of anilines is 1. The summed E-state index contributed by atoms with van der Waals surface area (Å²) in [5, 5.41) is 3.35. The smallest absolute Gasteiger partial charge is 0.323 e. The number of fused-ring (bicyclic) bond motifs is 1. The number of rotatable bonds is 6. The highest BCUT2D eigenvalue weighted by Crippen LogP contribution is 2.26. The highest BCUT2D eigenvalue weighted by molar-refractivity contribution is 9.10. The minimum atomic E-state index is -0.266.